The van der Waals surface area contributed by atoms with Gasteiger partial charge in [0.15, 0.2) is 0 Å². The Kier molecular flexibility index (Phi) is 12.6. The van der Waals surface area contributed by atoms with Crippen molar-refractivity contribution in [2.24, 2.45) is 0 Å². The average Bonchev–Trinajstić information content (AvgIpc) is 2.94. The molecule has 0 nitrogen and oxygen atoms in total. The van der Waals surface area contributed by atoms with Crippen LogP contribution in [0.15, 0.2) is 103 Å². The monoisotopic (exact) mass is 540 g/mol. The van der Waals surface area contributed by atoms with Gasteiger partial charge < -0.3 is 0 Å². The molecule has 0 radical (unpaired) electrons. The van der Waals surface area contributed by atoms with Crippen LogP contribution in [0.2, 0.25) is 0 Å². The summed E-state index contributed by atoms with van der Waals surface area (Å²) in [5, 5.41) is 3.69. The molecule has 0 bridgehead atoms. The van der Waals surface area contributed by atoms with E-state index in [1.54, 1.807) is 0 Å². The molecule has 0 N–H and O–H groups in total. The van der Waals surface area contributed by atoms with Gasteiger partial charge in [0.1, 0.15) is 0 Å². The van der Waals surface area contributed by atoms with Gasteiger partial charge in [-0.25, -0.2) is 0 Å². The average molecular weight is 542 g/mol. The number of halogens is 2. The summed E-state index contributed by atoms with van der Waals surface area (Å²) in [5.41, 5.74) is 0. The first-order valence-electron chi connectivity index (χ1n) is 13.8. The molecule has 3 heteroatoms. The Hall–Kier alpha value is -1.59. The molecule has 0 fully saturated rings. The second kappa shape index (κ2) is 15.6. The predicted octanol–water partition coefficient (Wildman–Crippen LogP) is 9.76. The second-order valence-corrected chi connectivity index (χ2v) is 16.8. The summed E-state index contributed by atoms with van der Waals surface area (Å²) < 4.78 is 0. The summed E-state index contributed by atoms with van der Waals surface area (Å²) in [7, 11) is 0. The Bertz CT molecular complexity index is 902. The molecule has 0 unspecified atom stereocenters. The van der Waals surface area contributed by atoms with Crippen molar-refractivity contribution >= 4 is 44.7 Å². The molecule has 0 aliphatic carbocycles. The third kappa shape index (κ3) is 7.71. The van der Waals surface area contributed by atoms with Gasteiger partial charge in [0.2, 0.25) is 0 Å². The molecule has 0 heterocycles. The summed E-state index contributed by atoms with van der Waals surface area (Å²) in [4.78, 5) is 0. The van der Waals surface area contributed by atoms with Crippen LogP contribution in [-0.4, -0.2) is 12.0 Å². The number of unbranched alkanes of at least 4 members (excludes halogenated alkanes) is 10. The fourth-order valence-corrected chi connectivity index (χ4v) is 11.0. The molecule has 0 saturated heterocycles. The Morgan fingerprint density at radius 2 is 0.833 bits per heavy atom. The molecule has 0 spiro atoms. The third-order valence-corrected chi connectivity index (χ3v) is 14.7. The molecule has 3 aromatic carbocycles. The maximum absolute atomic E-state index is 8.10. The van der Waals surface area contributed by atoms with E-state index < -0.39 is 5.96 Å². The second-order valence-electron chi connectivity index (χ2n) is 9.86. The van der Waals surface area contributed by atoms with Crippen LogP contribution in [0.4, 0.5) is 0 Å². The topological polar surface area (TPSA) is 0 Å². The van der Waals surface area contributed by atoms with Gasteiger partial charge in [-0.3, -0.25) is 0 Å². The van der Waals surface area contributed by atoms with Crippen molar-refractivity contribution in [2.45, 2.75) is 70.6 Å². The zero-order chi connectivity index (χ0) is 25.4. The van der Waals surface area contributed by atoms with Gasteiger partial charge in [-0.1, -0.05) is 6.42 Å². The van der Waals surface area contributed by atoms with E-state index in [0.717, 1.165) is 18.5 Å². The van der Waals surface area contributed by atoms with Crippen molar-refractivity contribution < 1.29 is 0 Å². The molecular formula is C33H43Cl2P. The number of benzene rings is 3. The van der Waals surface area contributed by atoms with E-state index in [9.17, 15) is 0 Å². The van der Waals surface area contributed by atoms with Crippen molar-refractivity contribution in [2.75, 3.05) is 12.0 Å². The van der Waals surface area contributed by atoms with E-state index in [1.165, 1.54) is 80.1 Å². The molecule has 0 atom stereocenters. The van der Waals surface area contributed by atoms with Crippen molar-refractivity contribution in [1.82, 2.24) is 0 Å². The molecule has 0 aromatic heterocycles. The van der Waals surface area contributed by atoms with Crippen molar-refractivity contribution in [3.8, 4) is 0 Å². The first kappa shape index (κ1) is 29.0. The van der Waals surface area contributed by atoms with Crippen LogP contribution in [0.25, 0.3) is 0 Å². The maximum atomic E-state index is 8.10. The fourth-order valence-electron chi connectivity index (χ4n) is 5.14. The van der Waals surface area contributed by atoms with E-state index >= 15 is 0 Å². The summed E-state index contributed by atoms with van der Waals surface area (Å²) >= 11 is 13.8. The fraction of sp³-hybridized carbons (Fsp3) is 0.394. The van der Waals surface area contributed by atoms with Crippen LogP contribution < -0.4 is 15.9 Å². The standard InChI is InChI=1S/C33H43Cl2P/c34-29-21-10-8-6-4-2-1-3-5-7-9-11-22-30-36(35,31-23-15-12-16-24-31,32-25-17-13-18-26-32)33-27-19-14-20-28-33/h11-20,22-28H,1-10,21,29-30H2. The molecular weight excluding hydrogens is 498 g/mol. The van der Waals surface area contributed by atoms with Gasteiger partial charge in [-0.2, -0.15) is 0 Å². The zero-order valence-electron chi connectivity index (χ0n) is 21.7. The Balaban J connectivity index is 1.61. The molecule has 3 rings (SSSR count). The summed E-state index contributed by atoms with van der Waals surface area (Å²) in [5.74, 6) is -2.35. The van der Waals surface area contributed by atoms with Gasteiger partial charge in [0, 0.05) is 5.88 Å². The van der Waals surface area contributed by atoms with Gasteiger partial charge in [-0.05, 0) is 6.42 Å². The van der Waals surface area contributed by atoms with Crippen molar-refractivity contribution in [1.29, 1.82) is 0 Å². The number of hydrogen-bond donors (Lipinski definition) is 0. The normalized spacial score (nSPS) is 13.0. The first-order chi connectivity index (χ1) is 17.7. The number of rotatable bonds is 17. The van der Waals surface area contributed by atoms with Gasteiger partial charge in [0.25, 0.3) is 0 Å². The predicted molar refractivity (Wildman–Crippen MR) is 167 cm³/mol. The molecule has 194 valence electrons. The van der Waals surface area contributed by atoms with Gasteiger partial charge >= 0.3 is 200 Å². The van der Waals surface area contributed by atoms with Crippen LogP contribution in [0.3, 0.4) is 0 Å². The van der Waals surface area contributed by atoms with E-state index in [1.807, 2.05) is 0 Å². The molecule has 0 amide bonds. The van der Waals surface area contributed by atoms with E-state index in [2.05, 4.69) is 103 Å². The Morgan fingerprint density at radius 1 is 0.472 bits per heavy atom. The Labute approximate surface area is 229 Å². The van der Waals surface area contributed by atoms with E-state index in [4.69, 9.17) is 22.8 Å². The zero-order valence-corrected chi connectivity index (χ0v) is 24.1. The molecule has 36 heavy (non-hydrogen) atoms. The van der Waals surface area contributed by atoms with Crippen LogP contribution >= 0.6 is 28.8 Å². The third-order valence-electron chi connectivity index (χ3n) is 7.25. The quantitative estimate of drug-likeness (QED) is 0.0691. The number of alkyl halides is 1. The summed E-state index contributed by atoms with van der Waals surface area (Å²) in [6.07, 6.45) is 19.9. The molecule has 0 aliphatic heterocycles. The van der Waals surface area contributed by atoms with Crippen LogP contribution in [0, 0.1) is 0 Å². The molecule has 0 aliphatic rings. The molecule has 3 aromatic rings. The van der Waals surface area contributed by atoms with E-state index in [-0.39, 0.29) is 0 Å². The van der Waals surface area contributed by atoms with E-state index in [0.29, 0.717) is 0 Å². The first-order valence-corrected chi connectivity index (χ1v) is 17.7. The van der Waals surface area contributed by atoms with Crippen molar-refractivity contribution in [3.05, 3.63) is 103 Å². The number of allylic oxidation sites excluding steroid dienone is 2. The summed E-state index contributed by atoms with van der Waals surface area (Å²) in [6.45, 7) is 0. The number of hydrogen-bond acceptors (Lipinski definition) is 0. The molecule has 0 saturated carbocycles. The van der Waals surface area contributed by atoms with Crippen LogP contribution in [-0.2, 0) is 0 Å². The minimum absolute atomic E-state index is 0.813. The van der Waals surface area contributed by atoms with Crippen LogP contribution in [0.1, 0.15) is 70.6 Å². The van der Waals surface area contributed by atoms with Gasteiger partial charge in [0.05, 0.1) is 0 Å². The van der Waals surface area contributed by atoms with Crippen molar-refractivity contribution in [3.63, 3.8) is 0 Å². The SMILES string of the molecule is ClCCCCCCCCCCCCC=CCP(Cl)(c1ccccc1)(c1ccccc1)c1ccccc1. The summed E-state index contributed by atoms with van der Waals surface area (Å²) in [6, 6.07) is 32.3. The van der Waals surface area contributed by atoms with Gasteiger partial charge in [-0.15, -0.1) is 11.6 Å². The Morgan fingerprint density at radius 3 is 1.22 bits per heavy atom. The van der Waals surface area contributed by atoms with Crippen LogP contribution in [0.5, 0.6) is 0 Å². The minimum atomic E-state index is -3.16.